The SMILES string of the molecule is C=CC(=O)N1CCN(c2ncnc3c(F)c(-c4cccc5ccc(F)c(Cl)c45)ncc23)C[C@@H]1CC(F)F. The number of hydrogen-bond donors (Lipinski definition) is 0. The van der Waals surface area contributed by atoms with Gasteiger partial charge in [-0.05, 0) is 17.5 Å². The average Bonchev–Trinajstić information content (AvgIpc) is 2.90. The molecule has 0 saturated carbocycles. The van der Waals surface area contributed by atoms with Gasteiger partial charge in [0.1, 0.15) is 29.2 Å². The first kappa shape index (κ1) is 24.9. The Labute approximate surface area is 214 Å². The molecule has 1 aliphatic rings. The summed E-state index contributed by atoms with van der Waals surface area (Å²) in [5.41, 5.74) is 0.205. The van der Waals surface area contributed by atoms with E-state index in [0.717, 1.165) is 6.08 Å². The van der Waals surface area contributed by atoms with E-state index in [0.29, 0.717) is 22.2 Å². The number of rotatable bonds is 5. The van der Waals surface area contributed by atoms with Crippen LogP contribution in [0.4, 0.5) is 23.4 Å². The molecule has 0 aliphatic carbocycles. The molecule has 6 nitrogen and oxygen atoms in total. The predicted octanol–water partition coefficient (Wildman–Crippen LogP) is 5.64. The molecular weight excluding hydrogens is 510 g/mol. The van der Waals surface area contributed by atoms with Crippen molar-refractivity contribution >= 4 is 45.0 Å². The van der Waals surface area contributed by atoms with Gasteiger partial charge in [0.2, 0.25) is 12.3 Å². The summed E-state index contributed by atoms with van der Waals surface area (Å²) in [6.45, 7) is 3.97. The molecule has 0 radical (unpaired) electrons. The Morgan fingerprint density at radius 2 is 1.97 bits per heavy atom. The zero-order valence-corrected chi connectivity index (χ0v) is 20.1. The molecule has 37 heavy (non-hydrogen) atoms. The number of carbonyl (C=O) groups excluding carboxylic acids is 1. The summed E-state index contributed by atoms with van der Waals surface area (Å²) in [5, 5.41) is 1.07. The van der Waals surface area contributed by atoms with Gasteiger partial charge in [-0.15, -0.1) is 0 Å². The van der Waals surface area contributed by atoms with E-state index in [9.17, 15) is 18.0 Å². The maximum Gasteiger partial charge on any atom is 0.246 e. The van der Waals surface area contributed by atoms with Gasteiger partial charge in [0.25, 0.3) is 0 Å². The number of fused-ring (bicyclic) bond motifs is 2. The molecule has 190 valence electrons. The smallest absolute Gasteiger partial charge is 0.246 e. The highest BCUT2D eigenvalue weighted by Gasteiger charge is 2.33. The van der Waals surface area contributed by atoms with E-state index in [1.54, 1.807) is 29.2 Å². The molecule has 11 heteroatoms. The van der Waals surface area contributed by atoms with Gasteiger partial charge in [-0.2, -0.15) is 0 Å². The third-order valence-corrected chi connectivity index (χ3v) is 6.85. The van der Waals surface area contributed by atoms with Crippen LogP contribution >= 0.6 is 11.6 Å². The number of piperazine rings is 1. The van der Waals surface area contributed by atoms with Crippen LogP contribution in [0.1, 0.15) is 6.42 Å². The Bertz CT molecular complexity index is 1530. The second kappa shape index (κ2) is 9.93. The van der Waals surface area contributed by atoms with E-state index in [1.807, 2.05) is 0 Å². The van der Waals surface area contributed by atoms with Crippen molar-refractivity contribution in [1.29, 1.82) is 0 Å². The van der Waals surface area contributed by atoms with Gasteiger partial charge in [0, 0.05) is 43.2 Å². The lowest BCUT2D eigenvalue weighted by molar-refractivity contribution is -0.129. The third kappa shape index (κ3) is 4.46. The Hall–Kier alpha value is -3.79. The highest BCUT2D eigenvalue weighted by Crippen LogP contribution is 2.37. The molecule has 1 fully saturated rings. The highest BCUT2D eigenvalue weighted by molar-refractivity contribution is 6.36. The van der Waals surface area contributed by atoms with E-state index in [-0.39, 0.29) is 41.3 Å². The topological polar surface area (TPSA) is 62.2 Å². The molecule has 0 bridgehead atoms. The van der Waals surface area contributed by atoms with E-state index in [4.69, 9.17) is 11.6 Å². The third-order valence-electron chi connectivity index (χ3n) is 6.48. The summed E-state index contributed by atoms with van der Waals surface area (Å²) in [6.07, 6.45) is 0.544. The summed E-state index contributed by atoms with van der Waals surface area (Å²) in [4.78, 5) is 28.0. The van der Waals surface area contributed by atoms with Crippen molar-refractivity contribution in [2.45, 2.75) is 18.9 Å². The minimum atomic E-state index is -2.62. The van der Waals surface area contributed by atoms with Gasteiger partial charge in [-0.1, -0.05) is 42.4 Å². The van der Waals surface area contributed by atoms with E-state index in [2.05, 4.69) is 21.5 Å². The first-order valence-corrected chi connectivity index (χ1v) is 11.8. The lowest BCUT2D eigenvalue weighted by Gasteiger charge is -2.41. The number of amides is 1. The fraction of sp³-hybridized carbons (Fsp3) is 0.231. The van der Waals surface area contributed by atoms with E-state index < -0.39 is 36.4 Å². The zero-order chi connectivity index (χ0) is 26.3. The lowest BCUT2D eigenvalue weighted by atomic mass is 10.0. The number of pyridine rings is 1. The molecule has 2 aromatic heterocycles. The number of anilines is 1. The number of aromatic nitrogens is 3. The largest absolute Gasteiger partial charge is 0.352 e. The van der Waals surface area contributed by atoms with Crippen molar-refractivity contribution in [2.24, 2.45) is 0 Å². The second-order valence-electron chi connectivity index (χ2n) is 8.61. The molecule has 1 atom stereocenters. The molecule has 5 rings (SSSR count). The molecular formula is C26H20ClF4N5O. The fourth-order valence-corrected chi connectivity index (χ4v) is 5.06. The number of benzene rings is 2. The predicted molar refractivity (Wildman–Crippen MR) is 134 cm³/mol. The summed E-state index contributed by atoms with van der Waals surface area (Å²) in [6, 6.07) is 7.02. The first-order chi connectivity index (χ1) is 17.8. The van der Waals surface area contributed by atoms with Crippen molar-refractivity contribution in [3.05, 3.63) is 72.2 Å². The van der Waals surface area contributed by atoms with Crippen LogP contribution in [0.3, 0.4) is 0 Å². The number of hydrogen-bond acceptors (Lipinski definition) is 5. The minimum Gasteiger partial charge on any atom is -0.352 e. The van der Waals surface area contributed by atoms with Crippen LogP contribution < -0.4 is 4.90 Å². The summed E-state index contributed by atoms with van der Waals surface area (Å²) < 4.78 is 56.6. The lowest BCUT2D eigenvalue weighted by Crippen LogP contribution is -2.55. The van der Waals surface area contributed by atoms with Crippen molar-refractivity contribution in [3.63, 3.8) is 0 Å². The van der Waals surface area contributed by atoms with Crippen molar-refractivity contribution in [2.75, 3.05) is 24.5 Å². The minimum absolute atomic E-state index is 0.0328. The maximum absolute atomic E-state index is 15.9. The average molecular weight is 530 g/mol. The Morgan fingerprint density at radius 1 is 1.16 bits per heavy atom. The van der Waals surface area contributed by atoms with Gasteiger partial charge in [-0.25, -0.2) is 27.5 Å². The summed E-state index contributed by atoms with van der Waals surface area (Å²) in [5.74, 6) is -1.51. The van der Waals surface area contributed by atoms with Crippen LogP contribution in [0.2, 0.25) is 5.02 Å². The van der Waals surface area contributed by atoms with Gasteiger partial charge in [0.15, 0.2) is 5.82 Å². The van der Waals surface area contributed by atoms with Gasteiger partial charge in [-0.3, -0.25) is 9.78 Å². The van der Waals surface area contributed by atoms with Crippen molar-refractivity contribution in [3.8, 4) is 11.3 Å². The monoisotopic (exact) mass is 529 g/mol. The Balaban J connectivity index is 1.58. The summed E-state index contributed by atoms with van der Waals surface area (Å²) in [7, 11) is 0. The number of nitrogens with zero attached hydrogens (tertiary/aromatic N) is 5. The summed E-state index contributed by atoms with van der Waals surface area (Å²) >= 11 is 6.23. The van der Waals surface area contributed by atoms with Crippen LogP contribution in [0.15, 0.2) is 55.5 Å². The normalized spacial score (nSPS) is 16.1. The Morgan fingerprint density at radius 3 is 2.73 bits per heavy atom. The molecule has 0 spiro atoms. The van der Waals surface area contributed by atoms with E-state index >= 15 is 4.39 Å². The molecule has 2 aromatic carbocycles. The van der Waals surface area contributed by atoms with Gasteiger partial charge in [0.05, 0.1) is 16.5 Å². The maximum atomic E-state index is 15.9. The first-order valence-electron chi connectivity index (χ1n) is 11.4. The quantitative estimate of drug-likeness (QED) is 0.247. The number of halogens is 5. The molecule has 1 aliphatic heterocycles. The Kier molecular flexibility index (Phi) is 6.68. The van der Waals surface area contributed by atoms with Crippen LogP contribution in [0, 0.1) is 11.6 Å². The molecule has 1 amide bonds. The van der Waals surface area contributed by atoms with Gasteiger partial charge >= 0.3 is 0 Å². The molecule has 3 heterocycles. The van der Waals surface area contributed by atoms with Gasteiger partial charge < -0.3 is 9.80 Å². The van der Waals surface area contributed by atoms with Crippen molar-refractivity contribution < 1.29 is 22.4 Å². The standard InChI is InChI=1S/C26H20ClF4N5O/c1-2-20(37)36-9-8-35(12-15(36)10-19(29)30)26-17-11-32-24(23(31)25(17)33-13-34-26)16-5-3-4-14-6-7-18(28)22(27)21(14)16/h2-7,11,13,15,19H,1,8-10,12H2/t15-/m0/s1. The van der Waals surface area contributed by atoms with E-state index in [1.165, 1.54) is 23.5 Å². The second-order valence-corrected chi connectivity index (χ2v) is 8.99. The molecule has 1 saturated heterocycles. The molecule has 0 unspecified atom stereocenters. The van der Waals surface area contributed by atoms with Crippen LogP contribution in [0.25, 0.3) is 32.9 Å². The van der Waals surface area contributed by atoms with Crippen LogP contribution in [-0.2, 0) is 4.79 Å². The fourth-order valence-electron chi connectivity index (χ4n) is 4.79. The molecule has 4 aromatic rings. The van der Waals surface area contributed by atoms with Crippen LogP contribution in [-0.4, -0.2) is 57.9 Å². The number of carbonyl (C=O) groups is 1. The van der Waals surface area contributed by atoms with Crippen LogP contribution in [0.5, 0.6) is 0 Å². The number of alkyl halides is 2. The zero-order valence-electron chi connectivity index (χ0n) is 19.3. The molecule has 0 N–H and O–H groups in total. The highest BCUT2D eigenvalue weighted by atomic mass is 35.5. The van der Waals surface area contributed by atoms with Crippen molar-refractivity contribution in [1.82, 2.24) is 19.9 Å².